The summed E-state index contributed by atoms with van der Waals surface area (Å²) >= 11 is 0. The summed E-state index contributed by atoms with van der Waals surface area (Å²) in [4.78, 5) is 26.3. The molecule has 1 aliphatic carbocycles. The first-order valence-corrected chi connectivity index (χ1v) is 8.42. The first-order chi connectivity index (χ1) is 12.3. The molecule has 0 spiro atoms. The zero-order chi connectivity index (χ0) is 19.5. The molecule has 142 valence electrons. The van der Waals surface area contributed by atoms with Crippen LogP contribution in [0.4, 0.5) is 0 Å². The molecule has 1 aliphatic rings. The van der Waals surface area contributed by atoms with Gasteiger partial charge in [0.25, 0.3) is 0 Å². The Bertz CT molecular complexity index is 696. The van der Waals surface area contributed by atoms with Gasteiger partial charge in [0.15, 0.2) is 11.2 Å². The molecule has 26 heavy (non-hydrogen) atoms. The van der Waals surface area contributed by atoms with E-state index >= 15 is 0 Å². The molecule has 0 radical (unpaired) electrons. The quantitative estimate of drug-likeness (QED) is 0.422. The van der Waals surface area contributed by atoms with Gasteiger partial charge in [0.2, 0.25) is 0 Å². The second-order valence-corrected chi connectivity index (χ2v) is 6.85. The Balaban J connectivity index is 2.85. The second-order valence-electron chi connectivity index (χ2n) is 6.85. The van der Waals surface area contributed by atoms with Gasteiger partial charge in [-0.25, -0.2) is 0 Å². The summed E-state index contributed by atoms with van der Waals surface area (Å²) in [5.74, 6) is 0.366. The minimum Gasteiger partial charge on any atom is -0.496 e. The van der Waals surface area contributed by atoms with Crippen molar-refractivity contribution in [3.05, 3.63) is 30.4 Å². The van der Waals surface area contributed by atoms with Crippen molar-refractivity contribution in [2.75, 3.05) is 27.9 Å². The lowest BCUT2D eigenvalue weighted by atomic mass is 9.62. The number of ether oxygens (including phenoxy) is 4. The van der Waals surface area contributed by atoms with E-state index in [9.17, 15) is 9.59 Å². The highest BCUT2D eigenvalue weighted by Crippen LogP contribution is 2.57. The molecule has 0 N–H and O–H groups in total. The predicted molar refractivity (Wildman–Crippen MR) is 97.0 cm³/mol. The summed E-state index contributed by atoms with van der Waals surface area (Å²) in [6.45, 7) is 7.36. The van der Waals surface area contributed by atoms with Crippen LogP contribution < -0.4 is 14.2 Å². The number of benzene rings is 1. The molecule has 1 unspecified atom stereocenters. The van der Waals surface area contributed by atoms with Crippen LogP contribution in [0.25, 0.3) is 0 Å². The largest absolute Gasteiger partial charge is 0.496 e. The highest BCUT2D eigenvalue weighted by molar-refractivity contribution is 6.13. The maximum Gasteiger partial charge on any atom is 0.325 e. The molecule has 1 aromatic rings. The van der Waals surface area contributed by atoms with Crippen molar-refractivity contribution in [1.82, 2.24) is 0 Å². The Morgan fingerprint density at radius 1 is 1.15 bits per heavy atom. The van der Waals surface area contributed by atoms with Crippen LogP contribution in [0.3, 0.4) is 0 Å². The van der Waals surface area contributed by atoms with E-state index in [1.54, 1.807) is 12.1 Å². The molecule has 1 saturated carbocycles. The van der Waals surface area contributed by atoms with Crippen LogP contribution in [0.1, 0.15) is 32.3 Å². The van der Waals surface area contributed by atoms with E-state index in [0.717, 1.165) is 0 Å². The molecule has 0 amide bonds. The molecule has 1 atom stereocenters. The van der Waals surface area contributed by atoms with Crippen molar-refractivity contribution >= 4 is 11.8 Å². The van der Waals surface area contributed by atoms with Crippen LogP contribution in [0, 0.1) is 5.41 Å². The lowest BCUT2D eigenvalue weighted by Crippen LogP contribution is -2.51. The number of carbonyl (C=O) groups is 2. The van der Waals surface area contributed by atoms with Crippen LogP contribution >= 0.6 is 0 Å². The Morgan fingerprint density at radius 2 is 1.73 bits per heavy atom. The van der Waals surface area contributed by atoms with Crippen molar-refractivity contribution in [3.8, 4) is 17.2 Å². The molecule has 0 aromatic heterocycles. The van der Waals surface area contributed by atoms with Gasteiger partial charge < -0.3 is 18.9 Å². The fraction of sp³-hybridized carbons (Fsp3) is 0.500. The summed E-state index contributed by atoms with van der Waals surface area (Å²) in [7, 11) is 4.48. The molecule has 1 fully saturated rings. The van der Waals surface area contributed by atoms with E-state index in [1.165, 1.54) is 27.4 Å². The highest BCUT2D eigenvalue weighted by atomic mass is 16.5. The van der Waals surface area contributed by atoms with E-state index < -0.39 is 16.8 Å². The van der Waals surface area contributed by atoms with Crippen molar-refractivity contribution in [2.45, 2.75) is 32.1 Å². The van der Waals surface area contributed by atoms with Crippen LogP contribution in [0.2, 0.25) is 0 Å². The monoisotopic (exact) mass is 362 g/mol. The van der Waals surface area contributed by atoms with Gasteiger partial charge in [-0.2, -0.15) is 0 Å². The minimum absolute atomic E-state index is 0.0186. The maximum atomic E-state index is 13.2. The Morgan fingerprint density at radius 3 is 2.12 bits per heavy atom. The number of methoxy groups -OCH3 is 3. The number of ketones is 1. The van der Waals surface area contributed by atoms with E-state index in [4.69, 9.17) is 18.9 Å². The van der Waals surface area contributed by atoms with Gasteiger partial charge in [0.05, 0.1) is 26.9 Å². The smallest absolute Gasteiger partial charge is 0.325 e. The third-order valence-electron chi connectivity index (χ3n) is 5.14. The lowest BCUT2D eigenvalue weighted by molar-refractivity contribution is -0.156. The van der Waals surface area contributed by atoms with Crippen molar-refractivity contribution < 1.29 is 28.5 Å². The minimum atomic E-state index is -1.53. The summed E-state index contributed by atoms with van der Waals surface area (Å²) in [6, 6.07) is 3.28. The van der Waals surface area contributed by atoms with Gasteiger partial charge in [-0.3, -0.25) is 9.59 Å². The highest BCUT2D eigenvalue weighted by Gasteiger charge is 2.64. The van der Waals surface area contributed by atoms with Gasteiger partial charge >= 0.3 is 5.97 Å². The van der Waals surface area contributed by atoms with Crippen molar-refractivity contribution in [3.63, 3.8) is 0 Å². The standard InChI is InChI=1S/C20H26O6/c1-7-10-26-18(22)20(16(21)8-9-19(20,2)3)17-14(24-5)11-13(23-4)12-15(17)25-6/h7,11-12H,1,8-10H2,2-6H3. The van der Waals surface area contributed by atoms with Gasteiger partial charge in [-0.15, -0.1) is 0 Å². The van der Waals surface area contributed by atoms with E-state index in [2.05, 4.69) is 6.58 Å². The SMILES string of the molecule is C=CCOC(=O)C1(c2c(OC)cc(OC)cc2OC)C(=O)CCC1(C)C. The molecule has 0 bridgehead atoms. The van der Waals surface area contributed by atoms with E-state index in [-0.39, 0.29) is 18.8 Å². The molecule has 0 heterocycles. The fourth-order valence-electron chi connectivity index (χ4n) is 3.77. The average molecular weight is 362 g/mol. The van der Waals surface area contributed by atoms with E-state index in [0.29, 0.717) is 29.2 Å². The first-order valence-electron chi connectivity index (χ1n) is 8.42. The molecule has 0 aliphatic heterocycles. The molecular weight excluding hydrogens is 336 g/mol. The Hall–Kier alpha value is -2.50. The van der Waals surface area contributed by atoms with Crippen LogP contribution in [0.15, 0.2) is 24.8 Å². The van der Waals surface area contributed by atoms with Gasteiger partial charge in [0.1, 0.15) is 23.9 Å². The van der Waals surface area contributed by atoms with E-state index in [1.807, 2.05) is 13.8 Å². The lowest BCUT2D eigenvalue weighted by Gasteiger charge is -2.39. The third-order valence-corrected chi connectivity index (χ3v) is 5.14. The summed E-state index contributed by atoms with van der Waals surface area (Å²) < 4.78 is 21.7. The zero-order valence-electron chi connectivity index (χ0n) is 16.0. The normalized spacial score (nSPS) is 21.2. The molecule has 2 rings (SSSR count). The average Bonchev–Trinajstić information content (AvgIpc) is 2.88. The van der Waals surface area contributed by atoms with Crippen molar-refractivity contribution in [1.29, 1.82) is 0 Å². The summed E-state index contributed by atoms with van der Waals surface area (Å²) in [5, 5.41) is 0. The molecule has 6 heteroatoms. The van der Waals surface area contributed by atoms with Gasteiger partial charge in [0, 0.05) is 18.6 Å². The predicted octanol–water partition coefficient (Wildman–Crippen LogP) is 3.07. The maximum absolute atomic E-state index is 13.2. The number of esters is 1. The van der Waals surface area contributed by atoms with Crippen molar-refractivity contribution in [2.24, 2.45) is 5.41 Å². The number of carbonyl (C=O) groups excluding carboxylic acids is 2. The number of hydrogen-bond donors (Lipinski definition) is 0. The fourth-order valence-corrected chi connectivity index (χ4v) is 3.77. The van der Waals surface area contributed by atoms with Crippen LogP contribution in [-0.2, 0) is 19.7 Å². The number of hydrogen-bond acceptors (Lipinski definition) is 6. The number of rotatable bonds is 7. The van der Waals surface area contributed by atoms with Crippen LogP contribution in [0.5, 0.6) is 17.2 Å². The first kappa shape index (κ1) is 19.8. The third kappa shape index (κ3) is 2.83. The van der Waals surface area contributed by atoms with Gasteiger partial charge in [-0.1, -0.05) is 26.5 Å². The Labute approximate surface area is 154 Å². The Kier molecular flexibility index (Phi) is 5.64. The topological polar surface area (TPSA) is 71.1 Å². The van der Waals surface area contributed by atoms with Gasteiger partial charge in [-0.05, 0) is 11.8 Å². The zero-order valence-corrected chi connectivity index (χ0v) is 16.0. The second kappa shape index (κ2) is 7.40. The molecular formula is C20H26O6. The van der Waals surface area contributed by atoms with Crippen LogP contribution in [-0.4, -0.2) is 39.7 Å². The molecule has 6 nitrogen and oxygen atoms in total. The summed E-state index contributed by atoms with van der Waals surface area (Å²) in [5.41, 5.74) is -1.83. The molecule has 0 saturated heterocycles. The number of Topliss-reactive ketones (excluding diaryl/α,β-unsaturated/α-hetero) is 1. The summed E-state index contributed by atoms with van der Waals surface area (Å²) in [6.07, 6.45) is 2.29. The molecule has 1 aromatic carbocycles.